The molecule has 1 atom stereocenters. The van der Waals surface area contributed by atoms with E-state index in [-0.39, 0.29) is 16.7 Å². The summed E-state index contributed by atoms with van der Waals surface area (Å²) in [6, 6.07) is 16.1. The minimum absolute atomic E-state index is 0.0421. The molecule has 0 spiro atoms. The van der Waals surface area contributed by atoms with Gasteiger partial charge in [-0.05, 0) is 34.4 Å². The van der Waals surface area contributed by atoms with E-state index in [0.717, 1.165) is 29.6 Å². The Morgan fingerprint density at radius 2 is 1.78 bits per heavy atom. The molecular weight excluding hydrogens is 456 g/mol. The fourth-order valence-corrected chi connectivity index (χ4v) is 5.03. The van der Waals surface area contributed by atoms with Crippen LogP contribution < -0.4 is 10.0 Å². The molecule has 1 amide bonds. The van der Waals surface area contributed by atoms with Gasteiger partial charge in [-0.15, -0.1) is 0 Å². The number of Topliss-reactive ketones (excluding diaryl/α,β-unsaturated/α-hetero) is 1. The van der Waals surface area contributed by atoms with Crippen LogP contribution >= 0.6 is 0 Å². The average molecular weight is 489 g/mol. The van der Waals surface area contributed by atoms with Gasteiger partial charge in [0.2, 0.25) is 11.7 Å². The second kappa shape index (κ2) is 9.56. The Hall–Kier alpha value is -3.42. The van der Waals surface area contributed by atoms with Crippen molar-refractivity contribution in [1.82, 2.24) is 4.90 Å². The van der Waals surface area contributed by atoms with Gasteiger partial charge in [0.05, 0.1) is 32.3 Å². The van der Waals surface area contributed by atoms with Crippen LogP contribution in [0.25, 0.3) is 11.0 Å². The van der Waals surface area contributed by atoms with Crippen molar-refractivity contribution in [3.8, 4) is 0 Å². The summed E-state index contributed by atoms with van der Waals surface area (Å²) in [7, 11) is 0. The number of carbonyl (C=O) groups is 2. The van der Waals surface area contributed by atoms with E-state index in [1.54, 1.807) is 17.0 Å². The molecule has 188 valence electrons. The van der Waals surface area contributed by atoms with Crippen molar-refractivity contribution in [1.29, 1.82) is 0 Å². The predicted molar refractivity (Wildman–Crippen MR) is 134 cm³/mol. The highest BCUT2D eigenvalue weighted by atomic mass is 16.5. The van der Waals surface area contributed by atoms with Crippen LogP contribution in [0, 0.1) is 0 Å². The number of ketones is 1. The summed E-state index contributed by atoms with van der Waals surface area (Å²) < 4.78 is 11.2. The topological polar surface area (TPSA) is 87.2 Å². The van der Waals surface area contributed by atoms with Gasteiger partial charge in [-0.3, -0.25) is 9.59 Å². The minimum Gasteiger partial charge on any atom is -0.868 e. The zero-order chi connectivity index (χ0) is 25.4. The number of morpholine rings is 1. The largest absolute Gasteiger partial charge is 0.868 e. The van der Waals surface area contributed by atoms with Crippen LogP contribution in [-0.4, -0.2) is 56.0 Å². The van der Waals surface area contributed by atoms with Gasteiger partial charge in [-0.1, -0.05) is 63.2 Å². The summed E-state index contributed by atoms with van der Waals surface area (Å²) in [5.41, 5.74) is 2.36. The fraction of sp³-hybridized carbons (Fsp3) is 0.379. The third kappa shape index (κ3) is 4.56. The molecule has 3 aromatic rings. The van der Waals surface area contributed by atoms with Crippen molar-refractivity contribution in [2.45, 2.75) is 32.2 Å². The molecule has 0 radical (unpaired) electrons. The lowest BCUT2D eigenvalue weighted by Crippen LogP contribution is -3.14. The smallest absolute Gasteiger partial charge is 0.240 e. The van der Waals surface area contributed by atoms with E-state index in [9.17, 15) is 14.7 Å². The maximum absolute atomic E-state index is 13.7. The molecule has 5 rings (SSSR count). The third-order valence-electron chi connectivity index (χ3n) is 7.18. The highest BCUT2D eigenvalue weighted by Gasteiger charge is 2.41. The number of carbonyl (C=O) groups excluding carboxylic acids is 2. The second-order valence-electron chi connectivity index (χ2n) is 10.6. The number of quaternary nitrogens is 1. The average Bonchev–Trinajstić information content (AvgIpc) is 3.42. The molecule has 2 aliphatic heterocycles. The molecule has 0 saturated carbocycles. The summed E-state index contributed by atoms with van der Waals surface area (Å²) in [6.07, 6.45) is 0. The summed E-state index contributed by atoms with van der Waals surface area (Å²) in [5, 5.41) is 14.1. The van der Waals surface area contributed by atoms with Gasteiger partial charge in [-0.2, -0.15) is 0 Å². The molecule has 0 bridgehead atoms. The monoisotopic (exact) mass is 488 g/mol. The third-order valence-corrected chi connectivity index (χ3v) is 7.18. The predicted octanol–water partition coefficient (Wildman–Crippen LogP) is 2.03. The number of para-hydroxylation sites is 1. The van der Waals surface area contributed by atoms with Gasteiger partial charge >= 0.3 is 0 Å². The molecule has 7 heteroatoms. The summed E-state index contributed by atoms with van der Waals surface area (Å²) in [4.78, 5) is 29.8. The lowest BCUT2D eigenvalue weighted by molar-refractivity contribution is -0.907. The lowest BCUT2D eigenvalue weighted by atomic mass is 9.85. The van der Waals surface area contributed by atoms with E-state index in [2.05, 4.69) is 20.8 Å². The van der Waals surface area contributed by atoms with Crippen molar-refractivity contribution in [2.75, 3.05) is 39.4 Å². The Balaban J connectivity index is 1.51. The highest BCUT2D eigenvalue weighted by Crippen LogP contribution is 2.39. The number of benzene rings is 2. The van der Waals surface area contributed by atoms with Gasteiger partial charge < -0.3 is 24.1 Å². The van der Waals surface area contributed by atoms with Crippen LogP contribution in [0.2, 0.25) is 0 Å². The van der Waals surface area contributed by atoms with Crippen LogP contribution in [0.5, 0.6) is 0 Å². The van der Waals surface area contributed by atoms with Gasteiger partial charge in [0, 0.05) is 11.0 Å². The van der Waals surface area contributed by atoms with Crippen LogP contribution in [-0.2, 0) is 14.9 Å². The maximum Gasteiger partial charge on any atom is 0.240 e. The number of nitrogens with one attached hydrogen (secondary N) is 1. The molecule has 0 aliphatic carbocycles. The quantitative estimate of drug-likeness (QED) is 0.537. The number of nitrogens with zero attached hydrogens (tertiary/aromatic N) is 1. The van der Waals surface area contributed by atoms with Crippen LogP contribution in [0.4, 0.5) is 0 Å². The lowest BCUT2D eigenvalue weighted by Gasteiger charge is -2.31. The SMILES string of the molecule is CC(C)(C)c1ccc(C2C(C(=O)c3cc4ccccc4o3)=C([O-])C(=O)N2CC[NH+]2CCOCC2)cc1. The molecule has 3 heterocycles. The van der Waals surface area contributed by atoms with E-state index in [1.807, 2.05) is 42.5 Å². The van der Waals surface area contributed by atoms with E-state index in [0.29, 0.717) is 31.9 Å². The Labute approximate surface area is 210 Å². The molecule has 2 aliphatic rings. The maximum atomic E-state index is 13.7. The van der Waals surface area contributed by atoms with E-state index < -0.39 is 23.5 Å². The number of furan rings is 1. The molecular formula is C29H32N2O5. The van der Waals surface area contributed by atoms with E-state index in [4.69, 9.17) is 9.15 Å². The first kappa shape index (κ1) is 24.3. The van der Waals surface area contributed by atoms with Crippen molar-refractivity contribution < 1.29 is 28.7 Å². The van der Waals surface area contributed by atoms with Gasteiger partial charge in [-0.25, -0.2) is 0 Å². The fourth-order valence-electron chi connectivity index (χ4n) is 5.03. The Kier molecular flexibility index (Phi) is 6.45. The van der Waals surface area contributed by atoms with Crippen molar-refractivity contribution >= 4 is 22.7 Å². The van der Waals surface area contributed by atoms with Gasteiger partial charge in [0.1, 0.15) is 18.7 Å². The van der Waals surface area contributed by atoms with E-state index in [1.165, 1.54) is 4.90 Å². The Morgan fingerprint density at radius 1 is 1.08 bits per heavy atom. The molecule has 2 aromatic carbocycles. The Morgan fingerprint density at radius 3 is 2.44 bits per heavy atom. The zero-order valence-corrected chi connectivity index (χ0v) is 21.0. The number of fused-ring (bicyclic) bond motifs is 1. The van der Waals surface area contributed by atoms with Gasteiger partial charge in [0.25, 0.3) is 0 Å². The van der Waals surface area contributed by atoms with Gasteiger partial charge in [0.15, 0.2) is 5.76 Å². The van der Waals surface area contributed by atoms with E-state index >= 15 is 0 Å². The molecule has 1 fully saturated rings. The Bertz CT molecular complexity index is 1280. The number of rotatable bonds is 6. The van der Waals surface area contributed by atoms with Crippen molar-refractivity contribution in [3.63, 3.8) is 0 Å². The highest BCUT2D eigenvalue weighted by molar-refractivity contribution is 6.15. The number of hydrogen-bond acceptors (Lipinski definition) is 5. The number of amides is 1. The minimum atomic E-state index is -0.750. The standard InChI is InChI=1S/C29H32N2O5/c1-29(2,3)21-10-8-19(9-11-21)25-24(26(32)23-18-20-6-4-5-7-22(20)36-23)27(33)28(34)31(25)13-12-30-14-16-35-17-15-30/h4-11,18,25,33H,12-17H2,1-3H3. The summed E-state index contributed by atoms with van der Waals surface area (Å²) in [6.45, 7) is 10.5. The molecule has 1 unspecified atom stereocenters. The molecule has 1 aromatic heterocycles. The summed E-state index contributed by atoms with van der Waals surface area (Å²) in [5.74, 6) is -1.84. The molecule has 1 N–H and O–H groups in total. The van der Waals surface area contributed by atoms with Crippen LogP contribution in [0.15, 0.2) is 70.3 Å². The number of ether oxygens (including phenoxy) is 1. The normalized spacial score (nSPS) is 19.5. The van der Waals surface area contributed by atoms with Crippen molar-refractivity contribution in [3.05, 3.63) is 82.8 Å². The number of hydrogen-bond donors (Lipinski definition) is 1. The first-order valence-corrected chi connectivity index (χ1v) is 12.5. The van der Waals surface area contributed by atoms with Crippen LogP contribution in [0.1, 0.15) is 48.5 Å². The first-order valence-electron chi connectivity index (χ1n) is 12.5. The van der Waals surface area contributed by atoms with Crippen molar-refractivity contribution in [2.24, 2.45) is 0 Å². The molecule has 1 saturated heterocycles. The molecule has 36 heavy (non-hydrogen) atoms. The molecule has 7 nitrogen and oxygen atoms in total. The van der Waals surface area contributed by atoms with Crippen LogP contribution in [0.3, 0.4) is 0 Å². The first-order chi connectivity index (χ1) is 17.2. The zero-order valence-electron chi connectivity index (χ0n) is 21.0. The second-order valence-corrected chi connectivity index (χ2v) is 10.6. The summed E-state index contributed by atoms with van der Waals surface area (Å²) >= 11 is 0.